The molecular formula is C22H26O6. The summed E-state index contributed by atoms with van der Waals surface area (Å²) in [6, 6.07) is 12.4. The van der Waals surface area contributed by atoms with E-state index in [9.17, 15) is 9.90 Å². The highest BCUT2D eigenvalue weighted by atomic mass is 16.6. The Kier molecular flexibility index (Phi) is 6.63. The van der Waals surface area contributed by atoms with Crippen LogP contribution in [-0.2, 0) is 4.79 Å². The first-order chi connectivity index (χ1) is 13.6. The highest BCUT2D eigenvalue weighted by Crippen LogP contribution is 2.41. The zero-order chi connectivity index (χ0) is 19.9. The van der Waals surface area contributed by atoms with Crippen LogP contribution in [-0.4, -0.2) is 30.9 Å². The van der Waals surface area contributed by atoms with Crippen LogP contribution in [0.3, 0.4) is 0 Å². The lowest BCUT2D eigenvalue weighted by Gasteiger charge is -2.32. The molecule has 28 heavy (non-hydrogen) atoms. The summed E-state index contributed by atoms with van der Waals surface area (Å²) < 4.78 is 22.9. The van der Waals surface area contributed by atoms with E-state index in [1.807, 2.05) is 6.07 Å². The number of aliphatic carboxylic acids is 1. The molecule has 2 unspecified atom stereocenters. The summed E-state index contributed by atoms with van der Waals surface area (Å²) in [5.41, 5.74) is 0.650. The molecule has 1 aliphatic rings. The Morgan fingerprint density at radius 1 is 1.04 bits per heavy atom. The number of para-hydroxylation sites is 2. The maximum atomic E-state index is 11.7. The van der Waals surface area contributed by atoms with Crippen molar-refractivity contribution in [1.29, 1.82) is 0 Å². The molecule has 0 radical (unpaired) electrons. The number of carbonyl (C=O) groups is 1. The van der Waals surface area contributed by atoms with E-state index in [4.69, 9.17) is 18.9 Å². The minimum absolute atomic E-state index is 0.421. The van der Waals surface area contributed by atoms with Crippen molar-refractivity contribution in [2.75, 3.05) is 13.7 Å². The van der Waals surface area contributed by atoms with Gasteiger partial charge in [-0.2, -0.15) is 0 Å². The smallest absolute Gasteiger partial charge is 0.349 e. The van der Waals surface area contributed by atoms with Crippen molar-refractivity contribution in [3.63, 3.8) is 0 Å². The second-order valence-corrected chi connectivity index (χ2v) is 6.68. The van der Waals surface area contributed by atoms with Crippen molar-refractivity contribution < 1.29 is 28.8 Å². The van der Waals surface area contributed by atoms with E-state index >= 15 is 0 Å². The van der Waals surface area contributed by atoms with E-state index in [0.29, 0.717) is 35.2 Å². The van der Waals surface area contributed by atoms with Crippen molar-refractivity contribution in [3.05, 3.63) is 48.0 Å². The molecule has 0 amide bonds. The topological polar surface area (TPSA) is 74.2 Å². The number of carboxylic acids is 1. The normalized spacial score (nSPS) is 17.8. The molecule has 150 valence electrons. The van der Waals surface area contributed by atoms with Crippen LogP contribution in [0, 0.1) is 0 Å². The molecule has 0 saturated carbocycles. The summed E-state index contributed by atoms with van der Waals surface area (Å²) >= 11 is 0. The van der Waals surface area contributed by atoms with E-state index in [2.05, 4.69) is 6.92 Å². The van der Waals surface area contributed by atoms with Crippen molar-refractivity contribution in [2.24, 2.45) is 0 Å². The molecule has 0 aromatic heterocycles. The van der Waals surface area contributed by atoms with Gasteiger partial charge in [0, 0.05) is 5.56 Å². The lowest BCUT2D eigenvalue weighted by Crippen LogP contribution is -2.39. The van der Waals surface area contributed by atoms with Gasteiger partial charge in [0.1, 0.15) is 0 Å². The predicted molar refractivity (Wildman–Crippen MR) is 104 cm³/mol. The van der Waals surface area contributed by atoms with Gasteiger partial charge in [-0.05, 0) is 30.7 Å². The molecule has 6 nitrogen and oxygen atoms in total. The summed E-state index contributed by atoms with van der Waals surface area (Å²) in [7, 11) is 1.56. The molecule has 2 aromatic carbocycles. The van der Waals surface area contributed by atoms with Crippen LogP contribution in [0.5, 0.6) is 23.0 Å². The SMILES string of the molecule is CCCCCCOc1ccc(C2Oc3ccccc3OC2C(=O)O)cc1OC. The minimum Gasteiger partial charge on any atom is -0.493 e. The van der Waals surface area contributed by atoms with Gasteiger partial charge in [-0.25, -0.2) is 4.79 Å². The second kappa shape index (κ2) is 9.35. The average Bonchev–Trinajstić information content (AvgIpc) is 2.72. The number of carboxylic acid groups (broad SMARTS) is 1. The number of hydrogen-bond acceptors (Lipinski definition) is 5. The quantitative estimate of drug-likeness (QED) is 0.634. The summed E-state index contributed by atoms with van der Waals surface area (Å²) in [6.45, 7) is 2.78. The molecule has 1 heterocycles. The zero-order valence-electron chi connectivity index (χ0n) is 16.2. The molecule has 0 fully saturated rings. The van der Waals surface area contributed by atoms with Gasteiger partial charge >= 0.3 is 5.97 Å². The first-order valence-corrected chi connectivity index (χ1v) is 9.60. The van der Waals surface area contributed by atoms with Gasteiger partial charge in [0.25, 0.3) is 0 Å². The van der Waals surface area contributed by atoms with Gasteiger partial charge in [-0.15, -0.1) is 0 Å². The van der Waals surface area contributed by atoms with Crippen LogP contribution < -0.4 is 18.9 Å². The minimum atomic E-state index is -1.15. The van der Waals surface area contributed by atoms with Crippen molar-refractivity contribution in [1.82, 2.24) is 0 Å². The number of unbranched alkanes of at least 4 members (excludes halogenated alkanes) is 3. The number of rotatable bonds is 9. The summed E-state index contributed by atoms with van der Waals surface area (Å²) in [5.74, 6) is 1.02. The average molecular weight is 386 g/mol. The van der Waals surface area contributed by atoms with Crippen LogP contribution in [0.1, 0.15) is 44.3 Å². The molecule has 0 aliphatic carbocycles. The maximum Gasteiger partial charge on any atom is 0.349 e. The number of ether oxygens (including phenoxy) is 4. The Labute approximate surface area is 165 Å². The van der Waals surface area contributed by atoms with Crippen molar-refractivity contribution >= 4 is 5.97 Å². The van der Waals surface area contributed by atoms with Crippen LogP contribution in [0.25, 0.3) is 0 Å². The monoisotopic (exact) mass is 386 g/mol. The standard InChI is InChI=1S/C22H26O6/c1-3-4-5-8-13-26-16-12-11-15(14-19(16)25-2)20-21(22(23)24)28-18-10-7-6-9-17(18)27-20/h6-7,9-12,14,20-21H,3-5,8,13H2,1-2H3,(H,23,24). The van der Waals surface area contributed by atoms with E-state index in [1.54, 1.807) is 43.5 Å². The van der Waals surface area contributed by atoms with Gasteiger partial charge in [0.2, 0.25) is 6.10 Å². The molecule has 2 aromatic rings. The van der Waals surface area contributed by atoms with Crippen LogP contribution in [0.2, 0.25) is 0 Å². The number of hydrogen-bond donors (Lipinski definition) is 1. The van der Waals surface area contributed by atoms with Crippen LogP contribution >= 0.6 is 0 Å². The third kappa shape index (κ3) is 4.50. The maximum absolute atomic E-state index is 11.7. The van der Waals surface area contributed by atoms with Gasteiger partial charge in [-0.1, -0.05) is 44.4 Å². The molecule has 6 heteroatoms. The zero-order valence-corrected chi connectivity index (χ0v) is 16.2. The first kappa shape index (κ1) is 19.9. The van der Waals surface area contributed by atoms with Crippen LogP contribution in [0.4, 0.5) is 0 Å². The summed E-state index contributed by atoms with van der Waals surface area (Å²) in [5, 5.41) is 9.60. The third-order valence-electron chi connectivity index (χ3n) is 4.65. The van der Waals surface area contributed by atoms with E-state index in [1.165, 1.54) is 12.8 Å². The van der Waals surface area contributed by atoms with E-state index in [-0.39, 0.29) is 0 Å². The fourth-order valence-electron chi connectivity index (χ4n) is 3.16. The summed E-state index contributed by atoms with van der Waals surface area (Å²) in [6.07, 6.45) is 2.53. The summed E-state index contributed by atoms with van der Waals surface area (Å²) in [4.78, 5) is 11.7. The third-order valence-corrected chi connectivity index (χ3v) is 4.65. The number of fused-ring (bicyclic) bond motifs is 1. The highest BCUT2D eigenvalue weighted by molar-refractivity contribution is 5.75. The molecule has 2 atom stereocenters. The molecule has 1 aliphatic heterocycles. The Hall–Kier alpha value is -2.89. The van der Waals surface area contributed by atoms with Gasteiger partial charge < -0.3 is 24.1 Å². The molecular weight excluding hydrogens is 360 g/mol. The predicted octanol–water partition coefficient (Wildman–Crippen LogP) is 4.62. The molecule has 3 rings (SSSR count). The van der Waals surface area contributed by atoms with Gasteiger partial charge in [-0.3, -0.25) is 0 Å². The lowest BCUT2D eigenvalue weighted by atomic mass is 10.0. The van der Waals surface area contributed by atoms with Crippen LogP contribution in [0.15, 0.2) is 42.5 Å². The van der Waals surface area contributed by atoms with Gasteiger partial charge in [0.15, 0.2) is 29.1 Å². The highest BCUT2D eigenvalue weighted by Gasteiger charge is 2.38. The Morgan fingerprint density at radius 3 is 2.46 bits per heavy atom. The van der Waals surface area contributed by atoms with Gasteiger partial charge in [0.05, 0.1) is 13.7 Å². The fraction of sp³-hybridized carbons (Fsp3) is 0.409. The second-order valence-electron chi connectivity index (χ2n) is 6.68. The Balaban J connectivity index is 1.79. The number of benzene rings is 2. The largest absolute Gasteiger partial charge is 0.493 e. The Bertz CT molecular complexity index is 803. The molecule has 0 saturated heterocycles. The Morgan fingerprint density at radius 2 is 1.79 bits per heavy atom. The first-order valence-electron chi connectivity index (χ1n) is 9.60. The number of methoxy groups -OCH3 is 1. The van der Waals surface area contributed by atoms with Crippen molar-refractivity contribution in [2.45, 2.75) is 44.8 Å². The fourth-order valence-corrected chi connectivity index (χ4v) is 3.16. The van der Waals surface area contributed by atoms with E-state index in [0.717, 1.165) is 12.8 Å². The molecule has 0 spiro atoms. The molecule has 1 N–H and O–H groups in total. The lowest BCUT2D eigenvalue weighted by molar-refractivity contribution is -0.151. The molecule has 0 bridgehead atoms. The van der Waals surface area contributed by atoms with E-state index < -0.39 is 18.2 Å². The van der Waals surface area contributed by atoms with Crippen molar-refractivity contribution in [3.8, 4) is 23.0 Å².